The molecule has 0 unspecified atom stereocenters. The van der Waals surface area contributed by atoms with Crippen LogP contribution in [-0.4, -0.2) is 21.5 Å². The van der Waals surface area contributed by atoms with E-state index in [0.717, 1.165) is 5.56 Å². The number of carbonyl (C=O) groups excluding carboxylic acids is 2. The van der Waals surface area contributed by atoms with E-state index >= 15 is 0 Å². The van der Waals surface area contributed by atoms with Crippen LogP contribution in [0.1, 0.15) is 12.5 Å². The molecule has 0 bridgehead atoms. The second-order valence-corrected chi connectivity index (χ2v) is 4.94. The van der Waals surface area contributed by atoms with Crippen LogP contribution in [0.4, 0.5) is 5.82 Å². The van der Waals surface area contributed by atoms with Crippen molar-refractivity contribution >= 4 is 40.7 Å². The number of halogens is 2. The zero-order valence-corrected chi connectivity index (χ0v) is 12.1. The maximum absolute atomic E-state index is 11.3. The average molecular weight is 312 g/mol. The third-order valence-electron chi connectivity index (χ3n) is 2.56. The zero-order chi connectivity index (χ0) is 14.7. The third kappa shape index (κ3) is 3.37. The Morgan fingerprint density at radius 2 is 1.95 bits per heavy atom. The van der Waals surface area contributed by atoms with Crippen molar-refractivity contribution < 1.29 is 9.59 Å². The topological polar surface area (TPSA) is 64.0 Å². The van der Waals surface area contributed by atoms with E-state index in [2.05, 4.69) is 10.4 Å². The molecule has 1 heterocycles. The molecular formula is C13H11Cl2N3O2. The molecule has 1 N–H and O–H groups in total. The van der Waals surface area contributed by atoms with Crippen molar-refractivity contribution in [2.45, 2.75) is 13.5 Å². The summed E-state index contributed by atoms with van der Waals surface area (Å²) < 4.78 is 1.54. The van der Waals surface area contributed by atoms with Gasteiger partial charge in [0.15, 0.2) is 5.82 Å². The zero-order valence-electron chi connectivity index (χ0n) is 10.6. The first-order valence-corrected chi connectivity index (χ1v) is 6.51. The highest BCUT2D eigenvalue weighted by Gasteiger charge is 2.14. The summed E-state index contributed by atoms with van der Waals surface area (Å²) in [5, 5.41) is 7.33. The Kier molecular flexibility index (Phi) is 4.42. The lowest BCUT2D eigenvalue weighted by atomic mass is 10.2. The van der Waals surface area contributed by atoms with E-state index in [9.17, 15) is 9.59 Å². The fourth-order valence-corrected chi connectivity index (χ4v) is 1.95. The molecule has 0 aliphatic heterocycles. The van der Waals surface area contributed by atoms with Crippen molar-refractivity contribution in [1.82, 2.24) is 9.78 Å². The molecule has 0 radical (unpaired) electrons. The molecule has 0 atom stereocenters. The van der Waals surface area contributed by atoms with E-state index in [0.29, 0.717) is 11.6 Å². The highest BCUT2D eigenvalue weighted by Crippen LogP contribution is 2.21. The molecule has 1 aromatic carbocycles. The number of nitrogens with zero attached hydrogens (tertiary/aromatic N) is 2. The van der Waals surface area contributed by atoms with Crippen LogP contribution in [-0.2, 0) is 16.1 Å². The molecular weight excluding hydrogens is 301 g/mol. The predicted octanol–water partition coefficient (Wildman–Crippen LogP) is 2.77. The Morgan fingerprint density at radius 1 is 1.25 bits per heavy atom. The molecule has 2 aromatic rings. The van der Waals surface area contributed by atoms with E-state index in [4.69, 9.17) is 23.2 Å². The van der Waals surface area contributed by atoms with Gasteiger partial charge in [0, 0.05) is 18.1 Å². The molecule has 104 valence electrons. The van der Waals surface area contributed by atoms with Crippen molar-refractivity contribution in [1.29, 1.82) is 0 Å². The van der Waals surface area contributed by atoms with Crippen molar-refractivity contribution in [3.8, 4) is 0 Å². The maximum Gasteiger partial charge on any atom is 0.292 e. The molecule has 0 saturated heterocycles. The van der Waals surface area contributed by atoms with Gasteiger partial charge in [-0.1, -0.05) is 41.4 Å². The van der Waals surface area contributed by atoms with Crippen molar-refractivity contribution in [2.75, 3.05) is 5.32 Å². The SMILES string of the molecule is CC(=O)C(=O)Nc1nn(Cc2ccccc2Cl)cc1Cl. The summed E-state index contributed by atoms with van der Waals surface area (Å²) in [6, 6.07) is 7.34. The number of amides is 1. The van der Waals surface area contributed by atoms with Gasteiger partial charge < -0.3 is 5.32 Å². The Labute approximate surface area is 125 Å². The highest BCUT2D eigenvalue weighted by molar-refractivity contribution is 6.41. The van der Waals surface area contributed by atoms with Gasteiger partial charge in [0.2, 0.25) is 5.78 Å². The normalized spacial score (nSPS) is 10.3. The number of benzene rings is 1. The van der Waals surface area contributed by atoms with Crippen LogP contribution in [0.15, 0.2) is 30.5 Å². The summed E-state index contributed by atoms with van der Waals surface area (Å²) in [7, 11) is 0. The van der Waals surface area contributed by atoms with Crippen LogP contribution in [0.3, 0.4) is 0 Å². The summed E-state index contributed by atoms with van der Waals surface area (Å²) in [6.45, 7) is 1.58. The quantitative estimate of drug-likeness (QED) is 0.883. The molecule has 2 rings (SSSR count). The standard InChI is InChI=1S/C13H11Cl2N3O2/c1-8(19)13(20)16-12-11(15)7-18(17-12)6-9-4-2-3-5-10(9)14/h2-5,7H,6H2,1H3,(H,16,17,20). The molecule has 0 fully saturated rings. The maximum atomic E-state index is 11.3. The molecule has 0 spiro atoms. The van der Waals surface area contributed by atoms with Gasteiger partial charge in [-0.2, -0.15) is 5.10 Å². The summed E-state index contributed by atoms with van der Waals surface area (Å²) in [5.74, 6) is -1.21. The minimum Gasteiger partial charge on any atom is -0.301 e. The van der Waals surface area contributed by atoms with Crippen molar-refractivity contribution in [2.24, 2.45) is 0 Å². The van der Waals surface area contributed by atoms with Crippen LogP contribution in [0.25, 0.3) is 0 Å². The van der Waals surface area contributed by atoms with Gasteiger partial charge >= 0.3 is 0 Å². The first-order chi connectivity index (χ1) is 9.47. The van der Waals surface area contributed by atoms with Gasteiger partial charge in [-0.3, -0.25) is 14.3 Å². The summed E-state index contributed by atoms with van der Waals surface area (Å²) >= 11 is 12.0. The van der Waals surface area contributed by atoms with Gasteiger partial charge in [-0.25, -0.2) is 0 Å². The van der Waals surface area contributed by atoms with Crippen molar-refractivity contribution in [3.05, 3.63) is 46.1 Å². The Hall–Kier alpha value is -1.85. The first-order valence-electron chi connectivity index (χ1n) is 5.75. The number of ketones is 1. The molecule has 0 aliphatic carbocycles. The minimum absolute atomic E-state index is 0.152. The number of Topliss-reactive ketones (excluding diaryl/α,β-unsaturated/α-hetero) is 1. The molecule has 7 heteroatoms. The number of nitrogens with one attached hydrogen (secondary N) is 1. The van der Waals surface area contributed by atoms with Gasteiger partial charge in [-0.05, 0) is 11.6 Å². The largest absolute Gasteiger partial charge is 0.301 e. The molecule has 1 amide bonds. The van der Waals surface area contributed by atoms with E-state index in [1.807, 2.05) is 18.2 Å². The second-order valence-electron chi connectivity index (χ2n) is 4.12. The lowest BCUT2D eigenvalue weighted by Crippen LogP contribution is -2.20. The summed E-state index contributed by atoms with van der Waals surface area (Å²) in [5.41, 5.74) is 0.873. The monoisotopic (exact) mass is 311 g/mol. The fourth-order valence-electron chi connectivity index (χ4n) is 1.56. The predicted molar refractivity (Wildman–Crippen MR) is 77.1 cm³/mol. The van der Waals surface area contributed by atoms with E-state index in [-0.39, 0.29) is 10.8 Å². The van der Waals surface area contributed by atoms with Gasteiger partial charge in [-0.15, -0.1) is 0 Å². The van der Waals surface area contributed by atoms with Crippen LogP contribution < -0.4 is 5.32 Å². The lowest BCUT2D eigenvalue weighted by Gasteiger charge is -2.03. The summed E-state index contributed by atoms with van der Waals surface area (Å²) in [6.07, 6.45) is 1.56. The van der Waals surface area contributed by atoms with Crippen LogP contribution in [0, 0.1) is 0 Å². The third-order valence-corrected chi connectivity index (χ3v) is 3.20. The molecule has 0 saturated carbocycles. The van der Waals surface area contributed by atoms with Crippen LogP contribution >= 0.6 is 23.2 Å². The number of aromatic nitrogens is 2. The lowest BCUT2D eigenvalue weighted by molar-refractivity contribution is -0.133. The summed E-state index contributed by atoms with van der Waals surface area (Å²) in [4.78, 5) is 22.2. The van der Waals surface area contributed by atoms with Crippen molar-refractivity contribution in [3.63, 3.8) is 0 Å². The van der Waals surface area contributed by atoms with E-state index in [1.54, 1.807) is 16.9 Å². The number of hydrogen-bond acceptors (Lipinski definition) is 3. The first kappa shape index (κ1) is 14.6. The second kappa shape index (κ2) is 6.07. The Morgan fingerprint density at radius 3 is 2.60 bits per heavy atom. The molecule has 0 aliphatic rings. The molecule has 20 heavy (non-hydrogen) atoms. The molecule has 5 nitrogen and oxygen atoms in total. The minimum atomic E-state index is -0.755. The number of carbonyl (C=O) groups is 2. The van der Waals surface area contributed by atoms with Gasteiger partial charge in [0.25, 0.3) is 5.91 Å². The Bertz CT molecular complexity index is 667. The Balaban J connectivity index is 2.17. The molecule has 1 aromatic heterocycles. The van der Waals surface area contributed by atoms with E-state index < -0.39 is 11.7 Å². The highest BCUT2D eigenvalue weighted by atomic mass is 35.5. The van der Waals surface area contributed by atoms with Crippen LogP contribution in [0.5, 0.6) is 0 Å². The van der Waals surface area contributed by atoms with E-state index in [1.165, 1.54) is 6.92 Å². The number of anilines is 1. The van der Waals surface area contributed by atoms with Gasteiger partial charge in [0.1, 0.15) is 5.02 Å². The number of hydrogen-bond donors (Lipinski definition) is 1. The fraction of sp³-hybridized carbons (Fsp3) is 0.154. The average Bonchev–Trinajstić information content (AvgIpc) is 2.72. The van der Waals surface area contributed by atoms with Crippen LogP contribution in [0.2, 0.25) is 10.0 Å². The smallest absolute Gasteiger partial charge is 0.292 e. The number of rotatable bonds is 4. The van der Waals surface area contributed by atoms with Gasteiger partial charge in [0.05, 0.1) is 6.54 Å².